The van der Waals surface area contributed by atoms with Crippen LogP contribution in [0.15, 0.2) is 24.4 Å². The van der Waals surface area contributed by atoms with Crippen LogP contribution in [0.5, 0.6) is 0 Å². The summed E-state index contributed by atoms with van der Waals surface area (Å²) in [6.07, 6.45) is 0.888. The fraction of sp³-hybridized carbons (Fsp3) is 0.458. The van der Waals surface area contributed by atoms with Gasteiger partial charge in [0.1, 0.15) is 0 Å². The summed E-state index contributed by atoms with van der Waals surface area (Å²) in [7, 11) is 1.84. The summed E-state index contributed by atoms with van der Waals surface area (Å²) in [5, 5.41) is 6.38. The molecule has 7 nitrogen and oxygen atoms in total. The van der Waals surface area contributed by atoms with E-state index in [1.807, 2.05) is 25.8 Å². The molecule has 1 saturated heterocycles. The molecule has 0 saturated carbocycles. The van der Waals surface area contributed by atoms with Gasteiger partial charge in [0.25, 0.3) is 0 Å². The normalized spacial score (nSPS) is 17.9. The van der Waals surface area contributed by atoms with Crippen LogP contribution >= 0.6 is 11.3 Å². The summed E-state index contributed by atoms with van der Waals surface area (Å²) in [6.45, 7) is 6.70. The summed E-state index contributed by atoms with van der Waals surface area (Å²) >= 11 is -0.660. The summed E-state index contributed by atoms with van der Waals surface area (Å²) in [6, 6.07) is 4.34. The Kier molecular flexibility index (Phi) is 9.95. The van der Waals surface area contributed by atoms with Crippen molar-refractivity contribution < 1.29 is 22.4 Å². The molecule has 3 aromatic heterocycles. The van der Waals surface area contributed by atoms with Gasteiger partial charge in [0.05, 0.1) is 0 Å². The van der Waals surface area contributed by atoms with Gasteiger partial charge in [-0.05, 0) is 0 Å². The average molecular weight is 604 g/mol. The first-order valence-corrected chi connectivity index (χ1v) is 14.2. The standard InChI is InChI=1S/C22H22F4N6OSSe.C2H6/c1-13-28-11-18(34-13)21(33)27-9-4-5-16-20(35-22(24,25)26)17-6-3-7-19(32(17)30-16)29-15-8-10-31(2)12-14(15)23;1-2/h3,6-7,11,14-15,29H,8-10,12H2,1-2H3,(H,27,33);1-2H3. The van der Waals surface area contributed by atoms with Crippen LogP contribution in [0.3, 0.4) is 0 Å². The van der Waals surface area contributed by atoms with Crippen LogP contribution in [0.25, 0.3) is 5.52 Å². The number of amides is 1. The van der Waals surface area contributed by atoms with E-state index in [1.54, 1.807) is 25.1 Å². The van der Waals surface area contributed by atoms with E-state index in [-0.39, 0.29) is 34.7 Å². The number of aryl methyl sites for hydroxylation is 1. The number of fused-ring (bicyclic) bond motifs is 1. The first-order valence-electron chi connectivity index (χ1n) is 11.7. The molecule has 0 aliphatic carbocycles. The molecule has 2 N–H and O–H groups in total. The number of rotatable bonds is 5. The summed E-state index contributed by atoms with van der Waals surface area (Å²) in [5.41, 5.74) is 0.253. The van der Waals surface area contributed by atoms with E-state index in [2.05, 4.69) is 32.6 Å². The first kappa shape index (κ1) is 28.9. The molecule has 13 heteroatoms. The molecular weight excluding hydrogens is 575 g/mol. The second-order valence-corrected chi connectivity index (χ2v) is 11.5. The minimum absolute atomic E-state index is 0.00858. The molecule has 3 aromatic rings. The van der Waals surface area contributed by atoms with Gasteiger partial charge in [-0.25, -0.2) is 0 Å². The van der Waals surface area contributed by atoms with Crippen LogP contribution in [-0.2, 0) is 0 Å². The van der Waals surface area contributed by atoms with Crippen molar-refractivity contribution >= 4 is 48.0 Å². The molecule has 200 valence electrons. The van der Waals surface area contributed by atoms with Gasteiger partial charge in [-0.1, -0.05) is 13.8 Å². The SMILES string of the molecule is CC.Cc1ncc(C(=O)NCC#Cc2nn3c(NC4CCN(C)CC4F)cccc3c2[Se]C(F)(F)F)s1. The van der Waals surface area contributed by atoms with Gasteiger partial charge in [-0.15, -0.1) is 0 Å². The number of nitrogens with one attached hydrogen (secondary N) is 2. The van der Waals surface area contributed by atoms with Crippen molar-refractivity contribution in [2.45, 2.75) is 44.5 Å². The van der Waals surface area contributed by atoms with E-state index in [0.717, 1.165) is 5.01 Å². The van der Waals surface area contributed by atoms with Crippen molar-refractivity contribution in [3.63, 3.8) is 0 Å². The number of pyridine rings is 1. The third-order valence-electron chi connectivity index (χ3n) is 5.30. The molecule has 1 amide bonds. The van der Waals surface area contributed by atoms with Crippen molar-refractivity contribution in [1.82, 2.24) is 24.8 Å². The van der Waals surface area contributed by atoms with Gasteiger partial charge in [0.2, 0.25) is 0 Å². The third-order valence-corrected chi connectivity index (χ3v) is 7.97. The zero-order valence-corrected chi connectivity index (χ0v) is 23.3. The predicted molar refractivity (Wildman–Crippen MR) is 138 cm³/mol. The third kappa shape index (κ3) is 7.67. The Morgan fingerprint density at radius 1 is 1.32 bits per heavy atom. The van der Waals surface area contributed by atoms with Gasteiger partial charge < -0.3 is 0 Å². The van der Waals surface area contributed by atoms with Gasteiger partial charge in [0.15, 0.2) is 0 Å². The molecule has 4 rings (SSSR count). The molecule has 1 aliphatic heterocycles. The van der Waals surface area contributed by atoms with Crippen molar-refractivity contribution in [2.24, 2.45) is 0 Å². The topological polar surface area (TPSA) is 74.6 Å². The van der Waals surface area contributed by atoms with Crippen molar-refractivity contribution in [3.8, 4) is 11.8 Å². The van der Waals surface area contributed by atoms with Gasteiger partial charge >= 0.3 is 210 Å². The van der Waals surface area contributed by atoms with Crippen LogP contribution in [0.4, 0.5) is 23.4 Å². The summed E-state index contributed by atoms with van der Waals surface area (Å²) < 4.78 is 56.0. The molecule has 1 aliphatic rings. The molecule has 1 fully saturated rings. The summed E-state index contributed by atoms with van der Waals surface area (Å²) in [5.74, 6) is 5.42. The monoisotopic (exact) mass is 604 g/mol. The zero-order chi connectivity index (χ0) is 27.2. The van der Waals surface area contributed by atoms with E-state index >= 15 is 0 Å². The Morgan fingerprint density at radius 2 is 2.08 bits per heavy atom. The Morgan fingerprint density at radius 3 is 2.73 bits per heavy atom. The number of carbonyl (C=O) groups is 1. The Labute approximate surface area is 223 Å². The maximum atomic E-state index is 14.5. The number of aromatic nitrogens is 3. The van der Waals surface area contributed by atoms with Crippen molar-refractivity contribution in [2.75, 3.05) is 32.0 Å². The molecule has 0 spiro atoms. The van der Waals surface area contributed by atoms with E-state index in [1.165, 1.54) is 22.0 Å². The number of anilines is 1. The molecule has 2 atom stereocenters. The molecular formula is C24H28F4N6OSSe. The molecule has 0 bridgehead atoms. The van der Waals surface area contributed by atoms with E-state index < -0.39 is 32.2 Å². The van der Waals surface area contributed by atoms with Gasteiger partial charge in [0, 0.05) is 0 Å². The fourth-order valence-corrected chi connectivity index (χ4v) is 5.79. The Hall–Kier alpha value is -2.65. The van der Waals surface area contributed by atoms with E-state index in [0.29, 0.717) is 23.7 Å². The van der Waals surface area contributed by atoms with E-state index in [4.69, 9.17) is 0 Å². The summed E-state index contributed by atoms with van der Waals surface area (Å²) in [4.78, 5) is 18.5. The number of halogens is 4. The molecule has 2 unspecified atom stereocenters. The van der Waals surface area contributed by atoms with Gasteiger partial charge in [-0.3, -0.25) is 0 Å². The number of thiazole rings is 1. The fourth-order valence-electron chi connectivity index (χ4n) is 3.67. The zero-order valence-electron chi connectivity index (χ0n) is 20.8. The molecule has 37 heavy (non-hydrogen) atoms. The number of piperidine rings is 1. The van der Waals surface area contributed by atoms with Crippen molar-refractivity contribution in [1.29, 1.82) is 0 Å². The number of hydrogen-bond donors (Lipinski definition) is 2. The molecule has 0 aromatic carbocycles. The molecule has 0 radical (unpaired) electrons. The quantitative estimate of drug-likeness (QED) is 0.266. The van der Waals surface area contributed by atoms with Crippen LogP contribution < -0.4 is 15.1 Å². The van der Waals surface area contributed by atoms with Gasteiger partial charge in [-0.2, -0.15) is 0 Å². The van der Waals surface area contributed by atoms with Crippen LogP contribution in [0, 0.1) is 18.8 Å². The average Bonchev–Trinajstić information content (AvgIpc) is 3.43. The van der Waals surface area contributed by atoms with Crippen LogP contribution in [0.1, 0.15) is 40.6 Å². The molecule has 4 heterocycles. The van der Waals surface area contributed by atoms with Crippen LogP contribution in [0.2, 0.25) is 0 Å². The number of likely N-dealkylation sites (tertiary alicyclic amines) is 1. The Balaban J connectivity index is 0.00000186. The predicted octanol–water partition coefficient (Wildman–Crippen LogP) is 3.21. The minimum atomic E-state index is -4.41. The Bertz CT molecular complexity index is 1280. The van der Waals surface area contributed by atoms with Crippen LogP contribution in [-0.4, -0.2) is 84.3 Å². The number of carbonyl (C=O) groups excluding carboxylic acids is 1. The second-order valence-electron chi connectivity index (χ2n) is 7.98. The number of nitrogens with zero attached hydrogens (tertiary/aromatic N) is 4. The second kappa shape index (κ2) is 12.7. The number of alkyl halides is 4. The first-order chi connectivity index (χ1) is 17.6. The maximum absolute atomic E-state index is 14.5. The number of hydrogen-bond acceptors (Lipinski definition) is 6. The van der Waals surface area contributed by atoms with Crippen molar-refractivity contribution in [3.05, 3.63) is 40.0 Å². The van der Waals surface area contributed by atoms with E-state index in [9.17, 15) is 22.4 Å².